The summed E-state index contributed by atoms with van der Waals surface area (Å²) in [5, 5.41) is 10.6. The minimum Gasteiger partial charge on any atom is -0.494 e. The highest BCUT2D eigenvalue weighted by Crippen LogP contribution is 2.43. The van der Waals surface area contributed by atoms with Crippen LogP contribution >= 0.6 is 22.7 Å². The summed E-state index contributed by atoms with van der Waals surface area (Å²) < 4.78 is 8.41. The number of ether oxygens (including phenoxy) is 1. The predicted molar refractivity (Wildman–Crippen MR) is 117 cm³/mol. The summed E-state index contributed by atoms with van der Waals surface area (Å²) in [5.41, 5.74) is 4.12. The number of thiophene rings is 1. The molecule has 0 radical (unpaired) electrons. The van der Waals surface area contributed by atoms with Gasteiger partial charge in [-0.25, -0.2) is 4.98 Å². The van der Waals surface area contributed by atoms with Gasteiger partial charge in [0.15, 0.2) is 0 Å². The summed E-state index contributed by atoms with van der Waals surface area (Å²) >= 11 is 3.24. The van der Waals surface area contributed by atoms with Crippen molar-refractivity contribution in [2.24, 2.45) is 0 Å². The molecule has 0 spiro atoms. The molecule has 0 fully saturated rings. The van der Waals surface area contributed by atoms with Crippen LogP contribution < -0.4 is 10.1 Å². The van der Waals surface area contributed by atoms with Gasteiger partial charge in [0.25, 0.3) is 0 Å². The average Bonchev–Trinajstić information content (AvgIpc) is 3.38. The number of thiazole rings is 1. The molecule has 8 heteroatoms. The van der Waals surface area contributed by atoms with Gasteiger partial charge < -0.3 is 10.1 Å². The maximum Gasteiger partial charge on any atom is 0.226 e. The van der Waals surface area contributed by atoms with E-state index in [1.165, 1.54) is 10.4 Å². The molecule has 1 aromatic carbocycles. The number of nitrogens with one attached hydrogen (secondary N) is 1. The maximum absolute atomic E-state index is 12.5. The van der Waals surface area contributed by atoms with E-state index in [1.54, 1.807) is 27.4 Å². The zero-order valence-electron chi connectivity index (χ0n) is 16.4. The second kappa shape index (κ2) is 6.96. The van der Waals surface area contributed by atoms with E-state index in [9.17, 15) is 4.79 Å². The van der Waals surface area contributed by atoms with E-state index in [-0.39, 0.29) is 11.8 Å². The molecular formula is C21H20N4O2S2. The Morgan fingerprint density at radius 2 is 2.17 bits per heavy atom. The highest BCUT2D eigenvalue weighted by molar-refractivity contribution is 7.20. The fourth-order valence-corrected chi connectivity index (χ4v) is 5.88. The zero-order chi connectivity index (χ0) is 20.1. The van der Waals surface area contributed by atoms with Crippen molar-refractivity contribution in [1.82, 2.24) is 14.8 Å². The van der Waals surface area contributed by atoms with Crippen LogP contribution in [0.5, 0.6) is 5.75 Å². The first-order valence-electron chi connectivity index (χ1n) is 9.52. The molecule has 6 nitrogen and oxygen atoms in total. The molecule has 1 aliphatic rings. The van der Waals surface area contributed by atoms with E-state index in [0.29, 0.717) is 13.0 Å². The minimum absolute atomic E-state index is 0.0104. The molecule has 4 heterocycles. The highest BCUT2D eigenvalue weighted by Gasteiger charge is 2.34. The third kappa shape index (κ3) is 3.03. The molecule has 4 aromatic rings. The number of aryl methyl sites for hydroxylation is 2. The van der Waals surface area contributed by atoms with Crippen LogP contribution in [0, 0.1) is 13.8 Å². The number of fused-ring (bicyclic) bond motifs is 2. The molecule has 0 saturated carbocycles. The lowest BCUT2D eigenvalue weighted by Gasteiger charge is -2.23. The number of nitrogens with zero attached hydrogens (tertiary/aromatic N) is 3. The second-order valence-corrected chi connectivity index (χ2v) is 9.05. The van der Waals surface area contributed by atoms with Crippen molar-refractivity contribution in [1.29, 1.82) is 0 Å². The van der Waals surface area contributed by atoms with Crippen molar-refractivity contribution in [3.63, 3.8) is 0 Å². The van der Waals surface area contributed by atoms with E-state index < -0.39 is 0 Å². The van der Waals surface area contributed by atoms with Crippen LogP contribution in [0.1, 0.15) is 41.0 Å². The van der Waals surface area contributed by atoms with Crippen molar-refractivity contribution < 1.29 is 9.53 Å². The standard InChI is InChI=1S/C21H20N4O2S2/c1-4-27-13-5-6-15-16(9-13)29-21(22-15)25-20-18(12(3)24-25)14(10-17(26)23-20)19-11(2)7-8-28-19/h5-9,14H,4,10H2,1-3H3,(H,23,26)/t14-/m0/s1. The highest BCUT2D eigenvalue weighted by atomic mass is 32.1. The maximum atomic E-state index is 12.5. The molecule has 0 saturated heterocycles. The SMILES string of the molecule is CCOc1ccc2nc(-n3nc(C)c4c3NC(=O)C[C@@H]4c3sccc3C)sc2c1. The number of amides is 1. The molecule has 148 valence electrons. The molecule has 29 heavy (non-hydrogen) atoms. The summed E-state index contributed by atoms with van der Waals surface area (Å²) in [7, 11) is 0. The largest absolute Gasteiger partial charge is 0.494 e. The average molecular weight is 425 g/mol. The number of rotatable bonds is 4. The Morgan fingerprint density at radius 3 is 2.93 bits per heavy atom. The predicted octanol–water partition coefficient (Wildman–Crippen LogP) is 5.03. The first-order chi connectivity index (χ1) is 14.0. The third-order valence-corrected chi connectivity index (χ3v) is 7.29. The fraction of sp³-hybridized carbons (Fsp3) is 0.286. The molecule has 1 aliphatic heterocycles. The van der Waals surface area contributed by atoms with Gasteiger partial charge in [-0.15, -0.1) is 11.3 Å². The Labute approximate surface area is 176 Å². The van der Waals surface area contributed by atoms with Crippen molar-refractivity contribution in [3.8, 4) is 10.9 Å². The molecule has 1 amide bonds. The number of anilines is 1. The van der Waals surface area contributed by atoms with Gasteiger partial charge in [-0.3, -0.25) is 4.79 Å². The van der Waals surface area contributed by atoms with Gasteiger partial charge in [-0.05, 0) is 56.0 Å². The van der Waals surface area contributed by atoms with Crippen LogP contribution in [-0.4, -0.2) is 27.3 Å². The Morgan fingerprint density at radius 1 is 1.31 bits per heavy atom. The summed E-state index contributed by atoms with van der Waals surface area (Å²) in [5.74, 6) is 1.61. The van der Waals surface area contributed by atoms with Crippen LogP contribution in [0.25, 0.3) is 15.3 Å². The molecule has 0 unspecified atom stereocenters. The molecular weight excluding hydrogens is 404 g/mol. The van der Waals surface area contributed by atoms with Crippen molar-refractivity contribution >= 4 is 44.6 Å². The fourth-order valence-electron chi connectivity index (χ4n) is 3.89. The summed E-state index contributed by atoms with van der Waals surface area (Å²) in [6.45, 7) is 6.69. The van der Waals surface area contributed by atoms with Gasteiger partial charge in [0.05, 0.1) is 22.5 Å². The van der Waals surface area contributed by atoms with Gasteiger partial charge in [-0.1, -0.05) is 11.3 Å². The van der Waals surface area contributed by atoms with Crippen LogP contribution in [0.15, 0.2) is 29.6 Å². The van der Waals surface area contributed by atoms with Gasteiger partial charge >= 0.3 is 0 Å². The summed E-state index contributed by atoms with van der Waals surface area (Å²) in [4.78, 5) is 18.5. The molecule has 5 rings (SSSR count). The van der Waals surface area contributed by atoms with E-state index in [4.69, 9.17) is 14.8 Å². The van der Waals surface area contributed by atoms with Crippen LogP contribution in [-0.2, 0) is 4.79 Å². The van der Waals surface area contributed by atoms with Crippen molar-refractivity contribution in [2.75, 3.05) is 11.9 Å². The molecule has 1 N–H and O–H groups in total. The van der Waals surface area contributed by atoms with Gasteiger partial charge in [0, 0.05) is 22.8 Å². The van der Waals surface area contributed by atoms with Crippen LogP contribution in [0.3, 0.4) is 0 Å². The van der Waals surface area contributed by atoms with Crippen molar-refractivity contribution in [2.45, 2.75) is 33.1 Å². The number of carbonyl (C=O) groups is 1. The van der Waals surface area contributed by atoms with E-state index in [2.05, 4.69) is 23.7 Å². The van der Waals surface area contributed by atoms with Crippen LogP contribution in [0.4, 0.5) is 5.82 Å². The first-order valence-corrected chi connectivity index (χ1v) is 11.2. The molecule has 0 bridgehead atoms. The van der Waals surface area contributed by atoms with E-state index in [0.717, 1.165) is 38.2 Å². The van der Waals surface area contributed by atoms with E-state index in [1.807, 2.05) is 32.0 Å². The number of aromatic nitrogens is 3. The van der Waals surface area contributed by atoms with Gasteiger partial charge in [0.2, 0.25) is 11.0 Å². The normalized spacial score (nSPS) is 16.1. The Bertz CT molecular complexity index is 1240. The Kier molecular flexibility index (Phi) is 4.40. The Hall–Kier alpha value is -2.71. The van der Waals surface area contributed by atoms with E-state index >= 15 is 0 Å². The zero-order valence-corrected chi connectivity index (χ0v) is 18.0. The lowest BCUT2D eigenvalue weighted by molar-refractivity contribution is -0.116. The summed E-state index contributed by atoms with van der Waals surface area (Å²) in [6, 6.07) is 7.99. The third-order valence-electron chi connectivity index (χ3n) is 5.16. The summed E-state index contributed by atoms with van der Waals surface area (Å²) in [6.07, 6.45) is 0.443. The number of benzene rings is 1. The lowest BCUT2D eigenvalue weighted by Crippen LogP contribution is -2.24. The monoisotopic (exact) mass is 424 g/mol. The van der Waals surface area contributed by atoms with Gasteiger partial charge in [0.1, 0.15) is 11.6 Å². The van der Waals surface area contributed by atoms with Crippen LogP contribution in [0.2, 0.25) is 0 Å². The first kappa shape index (κ1) is 18.3. The minimum atomic E-state index is 0.0104. The smallest absolute Gasteiger partial charge is 0.226 e. The van der Waals surface area contributed by atoms with Gasteiger partial charge in [-0.2, -0.15) is 9.78 Å². The quantitative estimate of drug-likeness (QED) is 0.499. The lowest BCUT2D eigenvalue weighted by atomic mass is 9.89. The number of hydrogen-bond donors (Lipinski definition) is 1. The molecule has 3 aromatic heterocycles. The Balaban J connectivity index is 1.64. The number of hydrogen-bond acceptors (Lipinski definition) is 6. The van der Waals surface area contributed by atoms with Crippen molar-refractivity contribution in [3.05, 3.63) is 51.3 Å². The molecule has 0 aliphatic carbocycles. The number of carbonyl (C=O) groups excluding carboxylic acids is 1. The molecule has 1 atom stereocenters. The second-order valence-electron chi connectivity index (χ2n) is 7.09. The topological polar surface area (TPSA) is 69.0 Å².